The molecule has 1 atom stereocenters. The molecule has 6 nitrogen and oxygen atoms in total. The van der Waals surface area contributed by atoms with Crippen molar-refractivity contribution in [2.75, 3.05) is 13.1 Å². The molecule has 0 aliphatic carbocycles. The van der Waals surface area contributed by atoms with Gasteiger partial charge in [-0.2, -0.15) is 0 Å². The Morgan fingerprint density at radius 1 is 1.11 bits per heavy atom. The number of nitrogens with one attached hydrogen (secondary N) is 2. The number of nitrogens with zero attached hydrogens (tertiary/aromatic N) is 1. The highest BCUT2D eigenvalue weighted by Crippen LogP contribution is 2.17. The molecule has 7 heteroatoms. The van der Waals surface area contributed by atoms with Gasteiger partial charge in [-0.3, -0.25) is 14.4 Å². The summed E-state index contributed by atoms with van der Waals surface area (Å²) in [6, 6.07) is 12.7. The first-order valence-corrected chi connectivity index (χ1v) is 10.3. The summed E-state index contributed by atoms with van der Waals surface area (Å²) in [4.78, 5) is 39.3. The van der Waals surface area contributed by atoms with E-state index in [0.29, 0.717) is 32.4 Å². The van der Waals surface area contributed by atoms with Crippen LogP contribution in [0.4, 0.5) is 0 Å². The number of piperidine rings is 1. The molecule has 1 aliphatic heterocycles. The number of amides is 3. The van der Waals surface area contributed by atoms with E-state index in [1.165, 1.54) is 18.3 Å². The maximum Gasteiger partial charge on any atom is 0.263 e. The van der Waals surface area contributed by atoms with E-state index in [2.05, 4.69) is 10.6 Å². The van der Waals surface area contributed by atoms with Gasteiger partial charge in [0, 0.05) is 32.5 Å². The van der Waals surface area contributed by atoms with E-state index in [4.69, 9.17) is 0 Å². The van der Waals surface area contributed by atoms with E-state index in [0.717, 1.165) is 10.4 Å². The Kier molecular flexibility index (Phi) is 6.81. The van der Waals surface area contributed by atoms with E-state index < -0.39 is 6.04 Å². The summed E-state index contributed by atoms with van der Waals surface area (Å²) in [5.41, 5.74) is 0.993. The van der Waals surface area contributed by atoms with Crippen LogP contribution in [0.25, 0.3) is 0 Å². The van der Waals surface area contributed by atoms with Gasteiger partial charge >= 0.3 is 0 Å². The smallest absolute Gasteiger partial charge is 0.263 e. The van der Waals surface area contributed by atoms with Crippen LogP contribution in [0.5, 0.6) is 0 Å². The highest BCUT2D eigenvalue weighted by atomic mass is 32.1. The van der Waals surface area contributed by atoms with Gasteiger partial charge in [0.1, 0.15) is 6.04 Å². The number of carbonyl (C=O) groups excluding carboxylic acids is 3. The zero-order valence-corrected chi connectivity index (χ0v) is 16.7. The van der Waals surface area contributed by atoms with Crippen LogP contribution in [0.1, 0.15) is 35.0 Å². The Bertz CT molecular complexity index is 800. The second-order valence-electron chi connectivity index (χ2n) is 7.00. The van der Waals surface area contributed by atoms with E-state index in [-0.39, 0.29) is 23.8 Å². The lowest BCUT2D eigenvalue weighted by Gasteiger charge is -2.33. The molecule has 0 spiro atoms. The minimum atomic E-state index is -0.606. The summed E-state index contributed by atoms with van der Waals surface area (Å²) >= 11 is 1.45. The van der Waals surface area contributed by atoms with E-state index in [1.807, 2.05) is 52.7 Å². The minimum Gasteiger partial charge on any atom is -0.351 e. The maximum atomic E-state index is 12.7. The average molecular weight is 400 g/mol. The van der Waals surface area contributed by atoms with Crippen LogP contribution in [0, 0.1) is 0 Å². The third kappa shape index (κ3) is 5.42. The van der Waals surface area contributed by atoms with Gasteiger partial charge in [-0.25, -0.2) is 0 Å². The molecule has 0 saturated carbocycles. The molecule has 1 unspecified atom stereocenters. The fraction of sp³-hybridized carbons (Fsp3) is 0.381. The summed E-state index contributed by atoms with van der Waals surface area (Å²) in [5, 5.41) is 7.70. The zero-order valence-electron chi connectivity index (χ0n) is 15.9. The van der Waals surface area contributed by atoms with Crippen molar-refractivity contribution in [3.05, 3.63) is 58.3 Å². The van der Waals surface area contributed by atoms with E-state index in [9.17, 15) is 14.4 Å². The quantitative estimate of drug-likeness (QED) is 0.782. The van der Waals surface area contributed by atoms with Crippen LogP contribution in [0.2, 0.25) is 0 Å². The molecule has 2 aromatic rings. The normalized spacial score (nSPS) is 15.7. The molecular formula is C21H25N3O3S. The maximum absolute atomic E-state index is 12.7. The zero-order chi connectivity index (χ0) is 19.9. The lowest BCUT2D eigenvalue weighted by molar-refractivity contribution is -0.128. The lowest BCUT2D eigenvalue weighted by Crippen LogP contribution is -2.53. The van der Waals surface area contributed by atoms with Crippen molar-refractivity contribution in [1.82, 2.24) is 15.5 Å². The second kappa shape index (κ2) is 9.50. The molecule has 3 rings (SSSR count). The molecule has 0 bridgehead atoms. The van der Waals surface area contributed by atoms with Crippen molar-refractivity contribution in [2.45, 2.75) is 38.3 Å². The number of benzene rings is 1. The molecule has 1 aliphatic rings. The van der Waals surface area contributed by atoms with E-state index >= 15 is 0 Å². The fourth-order valence-corrected chi connectivity index (χ4v) is 4.08. The van der Waals surface area contributed by atoms with Crippen LogP contribution in [-0.4, -0.2) is 47.8 Å². The first kappa shape index (κ1) is 20.1. The van der Waals surface area contributed by atoms with Gasteiger partial charge in [-0.15, -0.1) is 11.3 Å². The largest absolute Gasteiger partial charge is 0.351 e. The number of likely N-dealkylation sites (tertiary alicyclic amines) is 1. The fourth-order valence-electron chi connectivity index (χ4n) is 3.39. The summed E-state index contributed by atoms with van der Waals surface area (Å²) in [7, 11) is 0. The molecule has 0 radical (unpaired) electrons. The van der Waals surface area contributed by atoms with Crippen LogP contribution in [-0.2, 0) is 16.0 Å². The predicted octanol–water partition coefficient (Wildman–Crippen LogP) is 2.22. The molecule has 1 aromatic heterocycles. The SMILES string of the molecule is CC(=O)NC(Cc1ccccc1)C(=O)NC1CCN(C(=O)c2cccs2)CC1. The number of carbonyl (C=O) groups is 3. The van der Waals surface area contributed by atoms with Gasteiger partial charge in [-0.1, -0.05) is 36.4 Å². The summed E-state index contributed by atoms with van der Waals surface area (Å²) < 4.78 is 0. The molecular weight excluding hydrogens is 374 g/mol. The van der Waals surface area contributed by atoms with Gasteiger partial charge in [0.2, 0.25) is 11.8 Å². The topological polar surface area (TPSA) is 78.5 Å². The molecule has 2 N–H and O–H groups in total. The lowest BCUT2D eigenvalue weighted by atomic mass is 10.0. The monoisotopic (exact) mass is 399 g/mol. The summed E-state index contributed by atoms with van der Waals surface area (Å²) in [6.45, 7) is 2.65. The molecule has 28 heavy (non-hydrogen) atoms. The van der Waals surface area contributed by atoms with Crippen LogP contribution < -0.4 is 10.6 Å². The molecule has 1 aromatic carbocycles. The summed E-state index contributed by atoms with van der Waals surface area (Å²) in [5.74, 6) is -0.352. The first-order chi connectivity index (χ1) is 13.5. The van der Waals surface area contributed by atoms with Crippen molar-refractivity contribution < 1.29 is 14.4 Å². The Balaban J connectivity index is 1.54. The van der Waals surface area contributed by atoms with Gasteiger partial charge in [0.05, 0.1) is 4.88 Å². The van der Waals surface area contributed by atoms with Gasteiger partial charge < -0.3 is 15.5 Å². The van der Waals surface area contributed by atoms with Gasteiger partial charge in [0.25, 0.3) is 5.91 Å². The third-order valence-electron chi connectivity index (χ3n) is 4.84. The Hall–Kier alpha value is -2.67. The standard InChI is InChI=1S/C21H25N3O3S/c1-15(25)22-18(14-16-6-3-2-4-7-16)20(26)23-17-9-11-24(12-10-17)21(27)19-8-5-13-28-19/h2-8,13,17-18H,9-12,14H2,1H3,(H,22,25)(H,23,26). The van der Waals surface area contributed by atoms with Crippen molar-refractivity contribution in [2.24, 2.45) is 0 Å². The second-order valence-corrected chi connectivity index (χ2v) is 7.94. The van der Waals surface area contributed by atoms with Crippen molar-refractivity contribution >= 4 is 29.1 Å². The minimum absolute atomic E-state index is 0.00640. The van der Waals surface area contributed by atoms with Crippen molar-refractivity contribution in [3.63, 3.8) is 0 Å². The van der Waals surface area contributed by atoms with Crippen molar-refractivity contribution in [3.8, 4) is 0 Å². The first-order valence-electron chi connectivity index (χ1n) is 9.47. The Labute approximate surface area is 168 Å². The number of hydrogen-bond acceptors (Lipinski definition) is 4. The average Bonchev–Trinajstić information content (AvgIpc) is 3.23. The number of hydrogen-bond donors (Lipinski definition) is 2. The molecule has 2 heterocycles. The summed E-state index contributed by atoms with van der Waals surface area (Å²) in [6.07, 6.45) is 1.87. The van der Waals surface area contributed by atoms with Crippen LogP contribution in [0.15, 0.2) is 47.8 Å². The van der Waals surface area contributed by atoms with E-state index in [1.54, 1.807) is 0 Å². The van der Waals surface area contributed by atoms with Crippen molar-refractivity contribution in [1.29, 1.82) is 0 Å². The van der Waals surface area contributed by atoms with Gasteiger partial charge in [0.15, 0.2) is 0 Å². The van der Waals surface area contributed by atoms with Crippen LogP contribution >= 0.6 is 11.3 Å². The highest BCUT2D eigenvalue weighted by Gasteiger charge is 2.27. The Morgan fingerprint density at radius 2 is 1.82 bits per heavy atom. The number of rotatable bonds is 6. The highest BCUT2D eigenvalue weighted by molar-refractivity contribution is 7.12. The predicted molar refractivity (Wildman–Crippen MR) is 109 cm³/mol. The van der Waals surface area contributed by atoms with Crippen LogP contribution in [0.3, 0.4) is 0 Å². The molecule has 1 saturated heterocycles. The molecule has 148 valence electrons. The third-order valence-corrected chi connectivity index (χ3v) is 5.70. The Morgan fingerprint density at radius 3 is 2.43 bits per heavy atom. The molecule has 1 fully saturated rings. The molecule has 3 amide bonds. The van der Waals surface area contributed by atoms with Gasteiger partial charge in [-0.05, 0) is 29.9 Å². The number of thiophene rings is 1.